The minimum absolute atomic E-state index is 0.284. The Morgan fingerprint density at radius 2 is 2.06 bits per heavy atom. The van der Waals surface area contributed by atoms with Gasteiger partial charge < -0.3 is 15.4 Å². The molecule has 1 saturated heterocycles. The van der Waals surface area contributed by atoms with Gasteiger partial charge in [0.15, 0.2) is 5.82 Å². The van der Waals surface area contributed by atoms with Gasteiger partial charge in [0.1, 0.15) is 10.7 Å². The summed E-state index contributed by atoms with van der Waals surface area (Å²) in [6, 6.07) is 0.411. The van der Waals surface area contributed by atoms with E-state index in [-0.39, 0.29) is 4.99 Å². The Kier molecular flexibility index (Phi) is 3.86. The summed E-state index contributed by atoms with van der Waals surface area (Å²) in [6.07, 6.45) is 5.25. The van der Waals surface area contributed by atoms with E-state index >= 15 is 0 Å². The quantitative estimate of drug-likeness (QED) is 0.800. The SMILES string of the molecule is CN(c1nccnc1C(N)=S)C1CCOCC1. The number of thiocarbonyl (C=S) groups is 1. The summed E-state index contributed by atoms with van der Waals surface area (Å²) < 4.78 is 5.35. The molecule has 2 heterocycles. The fourth-order valence-electron chi connectivity index (χ4n) is 2.01. The van der Waals surface area contributed by atoms with Crippen LogP contribution in [0.2, 0.25) is 0 Å². The Labute approximate surface area is 106 Å². The van der Waals surface area contributed by atoms with Crippen molar-refractivity contribution in [2.45, 2.75) is 18.9 Å². The maximum absolute atomic E-state index is 5.66. The average Bonchev–Trinajstić information content (AvgIpc) is 2.39. The molecule has 5 nitrogen and oxygen atoms in total. The summed E-state index contributed by atoms with van der Waals surface area (Å²) in [5, 5.41) is 0. The maximum atomic E-state index is 5.66. The molecule has 0 aliphatic carbocycles. The lowest BCUT2D eigenvalue weighted by molar-refractivity contribution is 0.0853. The van der Waals surface area contributed by atoms with Gasteiger partial charge >= 0.3 is 0 Å². The normalized spacial score (nSPS) is 16.8. The van der Waals surface area contributed by atoms with Crippen molar-refractivity contribution < 1.29 is 4.74 Å². The van der Waals surface area contributed by atoms with E-state index in [4.69, 9.17) is 22.7 Å². The Hall–Kier alpha value is -1.27. The van der Waals surface area contributed by atoms with Crippen molar-refractivity contribution >= 4 is 23.0 Å². The van der Waals surface area contributed by atoms with Gasteiger partial charge in [-0.2, -0.15) is 0 Å². The summed E-state index contributed by atoms with van der Waals surface area (Å²) in [5.74, 6) is 0.756. The van der Waals surface area contributed by atoms with Gasteiger partial charge in [-0.05, 0) is 12.8 Å². The largest absolute Gasteiger partial charge is 0.388 e. The third kappa shape index (κ3) is 2.70. The van der Waals surface area contributed by atoms with Crippen molar-refractivity contribution in [3.63, 3.8) is 0 Å². The predicted octanol–water partition coefficient (Wildman–Crippen LogP) is 0.726. The second-order valence-electron chi connectivity index (χ2n) is 4.05. The highest BCUT2D eigenvalue weighted by molar-refractivity contribution is 7.80. The van der Waals surface area contributed by atoms with Gasteiger partial charge in [0, 0.05) is 38.7 Å². The van der Waals surface area contributed by atoms with Gasteiger partial charge in [0.2, 0.25) is 0 Å². The molecular formula is C11H16N4OS. The van der Waals surface area contributed by atoms with Crippen LogP contribution in [0.5, 0.6) is 0 Å². The molecule has 0 radical (unpaired) electrons. The van der Waals surface area contributed by atoms with E-state index < -0.39 is 0 Å². The number of hydrogen-bond donors (Lipinski definition) is 1. The van der Waals surface area contributed by atoms with Gasteiger partial charge in [-0.15, -0.1) is 0 Å². The molecule has 0 aromatic carbocycles. The topological polar surface area (TPSA) is 64.3 Å². The molecule has 0 unspecified atom stereocenters. The molecule has 0 spiro atoms. The molecule has 0 atom stereocenters. The van der Waals surface area contributed by atoms with Crippen molar-refractivity contribution in [3.8, 4) is 0 Å². The molecule has 1 aliphatic heterocycles. The third-order valence-electron chi connectivity index (χ3n) is 2.98. The van der Waals surface area contributed by atoms with Crippen LogP contribution in [0, 0.1) is 0 Å². The van der Waals surface area contributed by atoms with Gasteiger partial charge in [-0.1, -0.05) is 12.2 Å². The zero-order chi connectivity index (χ0) is 12.3. The molecular weight excluding hydrogens is 236 g/mol. The number of rotatable bonds is 3. The molecule has 2 N–H and O–H groups in total. The molecule has 0 amide bonds. The molecule has 1 fully saturated rings. The van der Waals surface area contributed by atoms with Crippen LogP contribution in [0.3, 0.4) is 0 Å². The second kappa shape index (κ2) is 5.37. The Morgan fingerprint density at radius 1 is 1.41 bits per heavy atom. The van der Waals surface area contributed by atoms with E-state index in [9.17, 15) is 0 Å². The minimum atomic E-state index is 0.284. The fourth-order valence-corrected chi connectivity index (χ4v) is 2.15. The molecule has 1 aliphatic rings. The van der Waals surface area contributed by atoms with Crippen LogP contribution in [-0.2, 0) is 4.74 Å². The van der Waals surface area contributed by atoms with E-state index in [0.717, 1.165) is 31.9 Å². The highest BCUT2D eigenvalue weighted by Crippen LogP contribution is 2.21. The third-order valence-corrected chi connectivity index (χ3v) is 3.18. The van der Waals surface area contributed by atoms with Gasteiger partial charge in [0.05, 0.1) is 0 Å². The highest BCUT2D eigenvalue weighted by atomic mass is 32.1. The van der Waals surface area contributed by atoms with Crippen LogP contribution >= 0.6 is 12.2 Å². The summed E-state index contributed by atoms with van der Waals surface area (Å²) in [5.41, 5.74) is 6.25. The summed E-state index contributed by atoms with van der Waals surface area (Å²) in [7, 11) is 2.00. The second-order valence-corrected chi connectivity index (χ2v) is 4.49. The van der Waals surface area contributed by atoms with Gasteiger partial charge in [-0.3, -0.25) is 0 Å². The number of nitrogens with two attached hydrogens (primary N) is 1. The van der Waals surface area contributed by atoms with Crippen molar-refractivity contribution in [2.24, 2.45) is 5.73 Å². The van der Waals surface area contributed by atoms with Crippen molar-refractivity contribution in [3.05, 3.63) is 18.1 Å². The Balaban J connectivity index is 2.23. The first-order valence-electron chi connectivity index (χ1n) is 5.61. The van der Waals surface area contributed by atoms with Crippen molar-refractivity contribution in [2.75, 3.05) is 25.2 Å². The van der Waals surface area contributed by atoms with Crippen LogP contribution < -0.4 is 10.6 Å². The van der Waals surface area contributed by atoms with E-state index in [1.165, 1.54) is 0 Å². The highest BCUT2D eigenvalue weighted by Gasteiger charge is 2.22. The average molecular weight is 252 g/mol. The lowest BCUT2D eigenvalue weighted by Crippen LogP contribution is -2.38. The van der Waals surface area contributed by atoms with Crippen molar-refractivity contribution in [1.82, 2.24) is 9.97 Å². The monoisotopic (exact) mass is 252 g/mol. The molecule has 2 rings (SSSR count). The molecule has 0 saturated carbocycles. The number of nitrogens with zero attached hydrogens (tertiary/aromatic N) is 3. The lowest BCUT2D eigenvalue weighted by Gasteiger charge is -2.32. The first-order valence-corrected chi connectivity index (χ1v) is 6.02. The molecule has 17 heavy (non-hydrogen) atoms. The fraction of sp³-hybridized carbons (Fsp3) is 0.545. The van der Waals surface area contributed by atoms with E-state index in [0.29, 0.717) is 11.7 Å². The van der Waals surface area contributed by atoms with Crippen LogP contribution in [-0.4, -0.2) is 41.3 Å². The first-order chi connectivity index (χ1) is 8.20. The summed E-state index contributed by atoms with van der Waals surface area (Å²) >= 11 is 4.99. The number of aromatic nitrogens is 2. The molecule has 1 aromatic rings. The number of ether oxygens (including phenoxy) is 1. The van der Waals surface area contributed by atoms with Crippen LogP contribution in [0.15, 0.2) is 12.4 Å². The van der Waals surface area contributed by atoms with Crippen LogP contribution in [0.1, 0.15) is 18.5 Å². The van der Waals surface area contributed by atoms with Crippen LogP contribution in [0.25, 0.3) is 0 Å². The Morgan fingerprint density at radius 3 is 2.71 bits per heavy atom. The van der Waals surface area contributed by atoms with E-state index in [2.05, 4.69) is 14.9 Å². The first kappa shape index (κ1) is 12.2. The molecule has 6 heteroatoms. The zero-order valence-corrected chi connectivity index (χ0v) is 10.6. The van der Waals surface area contributed by atoms with Gasteiger partial charge in [-0.25, -0.2) is 9.97 Å². The molecule has 1 aromatic heterocycles. The smallest absolute Gasteiger partial charge is 0.157 e. The van der Waals surface area contributed by atoms with E-state index in [1.807, 2.05) is 7.05 Å². The predicted molar refractivity (Wildman–Crippen MR) is 70.2 cm³/mol. The Bertz CT molecular complexity index is 406. The van der Waals surface area contributed by atoms with Gasteiger partial charge in [0.25, 0.3) is 0 Å². The van der Waals surface area contributed by atoms with E-state index in [1.54, 1.807) is 12.4 Å². The molecule has 92 valence electrons. The number of hydrogen-bond acceptors (Lipinski definition) is 5. The summed E-state index contributed by atoms with van der Waals surface area (Å²) in [4.78, 5) is 10.9. The maximum Gasteiger partial charge on any atom is 0.157 e. The number of anilines is 1. The lowest BCUT2D eigenvalue weighted by atomic mass is 10.1. The molecule has 0 bridgehead atoms. The van der Waals surface area contributed by atoms with Crippen molar-refractivity contribution in [1.29, 1.82) is 0 Å². The standard InChI is InChI=1S/C11H16N4OS/c1-15(8-2-6-16-7-3-8)11-9(10(12)17)13-4-5-14-11/h4-5,8H,2-3,6-7H2,1H3,(H2,12,17). The zero-order valence-electron chi connectivity index (χ0n) is 9.80. The minimum Gasteiger partial charge on any atom is -0.388 e. The summed E-state index contributed by atoms with van der Waals surface area (Å²) in [6.45, 7) is 1.58. The van der Waals surface area contributed by atoms with Crippen LogP contribution in [0.4, 0.5) is 5.82 Å².